The molecule has 1 aliphatic rings. The summed E-state index contributed by atoms with van der Waals surface area (Å²) in [5, 5.41) is 0. The summed E-state index contributed by atoms with van der Waals surface area (Å²) in [5.41, 5.74) is 1.91. The molecule has 0 bridgehead atoms. The Morgan fingerprint density at radius 3 is 2.90 bits per heavy atom. The lowest BCUT2D eigenvalue weighted by Gasteiger charge is -2.13. The van der Waals surface area contributed by atoms with Gasteiger partial charge in [-0.25, -0.2) is 4.39 Å². The number of halogens is 3. The minimum atomic E-state index is -0.238. The summed E-state index contributed by atoms with van der Waals surface area (Å²) in [6.45, 7) is 0.412. The average Bonchev–Trinajstić information content (AvgIpc) is 2.87. The lowest BCUT2D eigenvalue weighted by atomic mass is 10.1. The summed E-state index contributed by atoms with van der Waals surface area (Å²) in [4.78, 5) is 0. The van der Waals surface area contributed by atoms with Crippen LogP contribution in [0, 0.1) is 5.82 Å². The summed E-state index contributed by atoms with van der Waals surface area (Å²) in [5.74, 6) is 1.71. The minimum Gasteiger partial charge on any atom is -0.489 e. The van der Waals surface area contributed by atoms with Crippen molar-refractivity contribution in [2.24, 2.45) is 0 Å². The molecular formula is C16H13BrClFO2. The van der Waals surface area contributed by atoms with Gasteiger partial charge in [0.2, 0.25) is 0 Å². The zero-order valence-corrected chi connectivity index (χ0v) is 13.5. The van der Waals surface area contributed by atoms with Crippen LogP contribution in [0.4, 0.5) is 4.39 Å². The quantitative estimate of drug-likeness (QED) is 0.725. The van der Waals surface area contributed by atoms with Gasteiger partial charge in [0.05, 0.1) is 4.47 Å². The van der Waals surface area contributed by atoms with E-state index < -0.39 is 0 Å². The molecular weight excluding hydrogens is 359 g/mol. The molecule has 0 fully saturated rings. The molecule has 0 saturated carbocycles. The van der Waals surface area contributed by atoms with Gasteiger partial charge in [-0.3, -0.25) is 0 Å². The molecule has 0 spiro atoms. The highest BCUT2D eigenvalue weighted by atomic mass is 79.9. The Labute approximate surface area is 136 Å². The van der Waals surface area contributed by atoms with E-state index in [-0.39, 0.29) is 11.9 Å². The maximum Gasteiger partial charge on any atom is 0.137 e. The molecule has 0 aliphatic carbocycles. The fraction of sp³-hybridized carbons (Fsp3) is 0.250. The Hall–Kier alpha value is -1.26. The molecule has 21 heavy (non-hydrogen) atoms. The molecule has 1 atom stereocenters. The van der Waals surface area contributed by atoms with Crippen molar-refractivity contribution in [1.29, 1.82) is 0 Å². The van der Waals surface area contributed by atoms with Crippen molar-refractivity contribution in [2.75, 3.05) is 6.61 Å². The maximum atomic E-state index is 13.2. The van der Waals surface area contributed by atoms with E-state index in [1.165, 1.54) is 12.1 Å². The molecule has 0 aromatic heterocycles. The average molecular weight is 372 g/mol. The summed E-state index contributed by atoms with van der Waals surface area (Å²) in [6, 6.07) is 10.3. The third-order valence-corrected chi connectivity index (χ3v) is 4.27. The van der Waals surface area contributed by atoms with Gasteiger partial charge in [0.25, 0.3) is 0 Å². The first-order valence-corrected chi connectivity index (χ1v) is 7.91. The number of ether oxygens (including phenoxy) is 2. The summed E-state index contributed by atoms with van der Waals surface area (Å²) >= 11 is 9.25. The van der Waals surface area contributed by atoms with Gasteiger partial charge in [0, 0.05) is 17.9 Å². The summed E-state index contributed by atoms with van der Waals surface area (Å²) < 4.78 is 25.5. The Bertz CT molecular complexity index is 663. The number of rotatable bonds is 4. The van der Waals surface area contributed by atoms with Gasteiger partial charge in [-0.2, -0.15) is 0 Å². The summed E-state index contributed by atoms with van der Waals surface area (Å²) in [6.07, 6.45) is 0.561. The van der Waals surface area contributed by atoms with Crippen LogP contribution < -0.4 is 9.47 Å². The normalized spacial score (nSPS) is 16.4. The Morgan fingerprint density at radius 2 is 2.14 bits per heavy atom. The first-order chi connectivity index (χ1) is 10.2. The molecule has 110 valence electrons. The van der Waals surface area contributed by atoms with Crippen LogP contribution in [0.15, 0.2) is 40.9 Å². The standard InChI is InChI=1S/C16H13BrClFO2/c17-14-5-10(8-18)1-3-16(14)20-9-13-7-11-6-12(19)2-4-15(11)21-13/h1-6,13H,7-9H2. The molecule has 1 heterocycles. The smallest absolute Gasteiger partial charge is 0.137 e. The molecule has 1 unspecified atom stereocenters. The molecule has 2 aromatic carbocycles. The highest BCUT2D eigenvalue weighted by Gasteiger charge is 2.24. The molecule has 0 N–H and O–H groups in total. The van der Waals surface area contributed by atoms with Crippen molar-refractivity contribution < 1.29 is 13.9 Å². The number of alkyl halides is 1. The maximum absolute atomic E-state index is 13.2. The SMILES string of the molecule is Fc1ccc2c(c1)CC(COc1ccc(CCl)cc1Br)O2. The number of benzene rings is 2. The monoisotopic (exact) mass is 370 g/mol. The van der Waals surface area contributed by atoms with E-state index >= 15 is 0 Å². The van der Waals surface area contributed by atoms with Crippen LogP contribution in [0.1, 0.15) is 11.1 Å². The van der Waals surface area contributed by atoms with Crippen molar-refractivity contribution in [1.82, 2.24) is 0 Å². The van der Waals surface area contributed by atoms with E-state index in [0.717, 1.165) is 27.1 Å². The van der Waals surface area contributed by atoms with Gasteiger partial charge in [0.1, 0.15) is 30.0 Å². The van der Waals surface area contributed by atoms with Crippen molar-refractivity contribution in [3.05, 3.63) is 57.8 Å². The molecule has 5 heteroatoms. The second-order valence-corrected chi connectivity index (χ2v) is 6.03. The fourth-order valence-corrected chi connectivity index (χ4v) is 3.02. The van der Waals surface area contributed by atoms with Crippen LogP contribution in [0.5, 0.6) is 11.5 Å². The zero-order valence-electron chi connectivity index (χ0n) is 11.1. The third kappa shape index (κ3) is 3.33. The van der Waals surface area contributed by atoms with Crippen LogP contribution in [-0.4, -0.2) is 12.7 Å². The number of fused-ring (bicyclic) bond motifs is 1. The van der Waals surface area contributed by atoms with Crippen LogP contribution in [0.2, 0.25) is 0 Å². The molecule has 0 saturated heterocycles. The van der Waals surface area contributed by atoms with Gasteiger partial charge in [0.15, 0.2) is 0 Å². The van der Waals surface area contributed by atoms with Crippen LogP contribution >= 0.6 is 27.5 Å². The van der Waals surface area contributed by atoms with Gasteiger partial charge >= 0.3 is 0 Å². The fourth-order valence-electron chi connectivity index (χ4n) is 2.31. The van der Waals surface area contributed by atoms with Gasteiger partial charge < -0.3 is 9.47 Å². The topological polar surface area (TPSA) is 18.5 Å². The molecule has 0 radical (unpaired) electrons. The molecule has 3 rings (SSSR count). The van der Waals surface area contributed by atoms with E-state index in [1.54, 1.807) is 6.07 Å². The number of hydrogen-bond acceptors (Lipinski definition) is 2. The van der Waals surface area contributed by atoms with Crippen molar-refractivity contribution >= 4 is 27.5 Å². The van der Waals surface area contributed by atoms with Crippen molar-refractivity contribution in [3.63, 3.8) is 0 Å². The molecule has 1 aliphatic heterocycles. The van der Waals surface area contributed by atoms with Gasteiger partial charge in [-0.05, 0) is 51.8 Å². The lowest BCUT2D eigenvalue weighted by molar-refractivity contribution is 0.148. The molecule has 2 aromatic rings. The van der Waals surface area contributed by atoms with Crippen LogP contribution in [0.25, 0.3) is 0 Å². The first-order valence-electron chi connectivity index (χ1n) is 6.58. The van der Waals surface area contributed by atoms with Crippen molar-refractivity contribution in [2.45, 2.75) is 18.4 Å². The molecule has 2 nitrogen and oxygen atoms in total. The minimum absolute atomic E-state index is 0.0959. The second-order valence-electron chi connectivity index (χ2n) is 4.91. The van der Waals surface area contributed by atoms with E-state index in [4.69, 9.17) is 21.1 Å². The van der Waals surface area contributed by atoms with Crippen LogP contribution in [0.3, 0.4) is 0 Å². The molecule has 0 amide bonds. The zero-order chi connectivity index (χ0) is 14.8. The van der Waals surface area contributed by atoms with E-state index in [1.807, 2.05) is 18.2 Å². The van der Waals surface area contributed by atoms with Gasteiger partial charge in [-0.15, -0.1) is 11.6 Å². The highest BCUT2D eigenvalue weighted by molar-refractivity contribution is 9.10. The first kappa shape index (κ1) is 14.7. The lowest BCUT2D eigenvalue weighted by Crippen LogP contribution is -2.22. The second kappa shape index (κ2) is 6.24. The predicted molar refractivity (Wildman–Crippen MR) is 83.7 cm³/mol. The Kier molecular flexibility index (Phi) is 4.36. The van der Waals surface area contributed by atoms with E-state index in [9.17, 15) is 4.39 Å². The number of hydrogen-bond donors (Lipinski definition) is 0. The highest BCUT2D eigenvalue weighted by Crippen LogP contribution is 2.31. The van der Waals surface area contributed by atoms with E-state index in [0.29, 0.717) is 18.9 Å². The predicted octanol–water partition coefficient (Wildman–Crippen LogP) is 4.71. The van der Waals surface area contributed by atoms with Gasteiger partial charge in [-0.1, -0.05) is 6.07 Å². The Balaban J connectivity index is 1.62. The van der Waals surface area contributed by atoms with E-state index in [2.05, 4.69) is 15.9 Å². The Morgan fingerprint density at radius 1 is 1.29 bits per heavy atom. The third-order valence-electron chi connectivity index (χ3n) is 3.34. The van der Waals surface area contributed by atoms with Crippen molar-refractivity contribution in [3.8, 4) is 11.5 Å². The summed E-state index contributed by atoms with van der Waals surface area (Å²) in [7, 11) is 0. The largest absolute Gasteiger partial charge is 0.489 e. The van der Waals surface area contributed by atoms with Crippen LogP contribution in [-0.2, 0) is 12.3 Å².